The van der Waals surface area contributed by atoms with Crippen molar-refractivity contribution in [3.63, 3.8) is 0 Å². The van der Waals surface area contributed by atoms with Gasteiger partial charge >= 0.3 is 0 Å². The van der Waals surface area contributed by atoms with E-state index in [1.807, 2.05) is 30.0 Å². The predicted octanol–water partition coefficient (Wildman–Crippen LogP) is 4.61. The van der Waals surface area contributed by atoms with Crippen molar-refractivity contribution in [3.8, 4) is 5.75 Å². The molecule has 0 aliphatic rings. The van der Waals surface area contributed by atoms with Crippen molar-refractivity contribution in [3.05, 3.63) is 65.7 Å². The molecule has 0 spiro atoms. The monoisotopic (exact) mass is 314 g/mol. The molecule has 0 bridgehead atoms. The number of ketones is 1. The lowest BCUT2D eigenvalue weighted by Crippen LogP contribution is -2.03. The molecule has 2 aromatic rings. The normalized spacial score (nSPS) is 10.5. The van der Waals surface area contributed by atoms with Gasteiger partial charge in [0, 0.05) is 24.2 Å². The van der Waals surface area contributed by atoms with Crippen LogP contribution in [0.1, 0.15) is 30.4 Å². The van der Waals surface area contributed by atoms with Gasteiger partial charge in [0.25, 0.3) is 0 Å². The van der Waals surface area contributed by atoms with Gasteiger partial charge in [0.1, 0.15) is 11.5 Å². The van der Waals surface area contributed by atoms with Crippen LogP contribution in [0.15, 0.2) is 54.6 Å². The lowest BCUT2D eigenvalue weighted by Gasteiger charge is -2.04. The van der Waals surface area contributed by atoms with Gasteiger partial charge in [-0.2, -0.15) is 11.8 Å². The number of aromatic hydroxyl groups is 1. The summed E-state index contributed by atoms with van der Waals surface area (Å²) in [6, 6.07) is 17.5. The summed E-state index contributed by atoms with van der Waals surface area (Å²) in [5.41, 5.74) is 2.08. The van der Waals surface area contributed by atoms with Crippen molar-refractivity contribution in [2.24, 2.45) is 0 Å². The predicted molar refractivity (Wildman–Crippen MR) is 93.3 cm³/mol. The molecule has 0 unspecified atom stereocenters. The molecular weight excluding hydrogens is 292 g/mol. The van der Waals surface area contributed by atoms with Crippen molar-refractivity contribution < 1.29 is 9.90 Å². The number of rotatable bonds is 9. The van der Waals surface area contributed by atoms with E-state index in [1.54, 1.807) is 12.1 Å². The van der Waals surface area contributed by atoms with E-state index in [2.05, 4.69) is 24.3 Å². The number of benzene rings is 2. The van der Waals surface area contributed by atoms with Gasteiger partial charge in [0.15, 0.2) is 0 Å². The molecule has 0 amide bonds. The average molecular weight is 314 g/mol. The Morgan fingerprint density at radius 3 is 2.45 bits per heavy atom. The summed E-state index contributed by atoms with van der Waals surface area (Å²) in [4.78, 5) is 11.9. The Labute approximate surface area is 136 Å². The number of para-hydroxylation sites is 1. The van der Waals surface area contributed by atoms with Crippen LogP contribution in [-0.2, 0) is 17.0 Å². The first-order chi connectivity index (χ1) is 10.8. The maximum Gasteiger partial charge on any atom is 0.137 e. The zero-order valence-electron chi connectivity index (χ0n) is 12.7. The van der Waals surface area contributed by atoms with E-state index in [4.69, 9.17) is 0 Å². The number of carbonyl (C=O) groups excluding carboxylic acids is 1. The molecule has 3 heteroatoms. The number of hydrogen-bond acceptors (Lipinski definition) is 3. The molecule has 0 aromatic heterocycles. The highest BCUT2D eigenvalue weighted by Gasteiger charge is 2.06. The number of phenols is 1. The summed E-state index contributed by atoms with van der Waals surface area (Å²) >= 11 is 1.91. The molecule has 0 aliphatic carbocycles. The zero-order chi connectivity index (χ0) is 15.6. The Kier molecular flexibility index (Phi) is 7.04. The van der Waals surface area contributed by atoms with Gasteiger partial charge in [-0.1, -0.05) is 48.5 Å². The van der Waals surface area contributed by atoms with Crippen LogP contribution in [0.25, 0.3) is 0 Å². The van der Waals surface area contributed by atoms with Gasteiger partial charge in [0.2, 0.25) is 0 Å². The van der Waals surface area contributed by atoms with Gasteiger partial charge in [-0.25, -0.2) is 0 Å². The van der Waals surface area contributed by atoms with Gasteiger partial charge in [0.05, 0.1) is 0 Å². The van der Waals surface area contributed by atoms with Crippen molar-refractivity contribution in [2.75, 3.05) is 5.75 Å². The molecule has 0 saturated heterocycles. The second kappa shape index (κ2) is 9.31. The summed E-state index contributed by atoms with van der Waals surface area (Å²) in [5.74, 6) is 2.54. The van der Waals surface area contributed by atoms with E-state index < -0.39 is 0 Å². The Bertz CT molecular complexity index is 581. The first-order valence-electron chi connectivity index (χ1n) is 7.66. The third-order valence-corrected chi connectivity index (χ3v) is 4.60. The summed E-state index contributed by atoms with van der Waals surface area (Å²) < 4.78 is 0. The fourth-order valence-electron chi connectivity index (χ4n) is 2.25. The van der Waals surface area contributed by atoms with E-state index in [9.17, 15) is 9.90 Å². The summed E-state index contributed by atoms with van der Waals surface area (Å²) in [5, 5.41) is 9.65. The number of thioether (sulfide) groups is 1. The summed E-state index contributed by atoms with van der Waals surface area (Å²) in [6.07, 6.45) is 2.92. The zero-order valence-corrected chi connectivity index (χ0v) is 13.5. The van der Waals surface area contributed by atoms with Crippen LogP contribution in [0.4, 0.5) is 0 Å². The Balaban J connectivity index is 1.57. The lowest BCUT2D eigenvalue weighted by atomic mass is 10.0. The van der Waals surface area contributed by atoms with Crippen LogP contribution in [0.2, 0.25) is 0 Å². The number of phenolic OH excluding ortho intramolecular Hbond substituents is 1. The molecule has 0 fully saturated rings. The van der Waals surface area contributed by atoms with Crippen molar-refractivity contribution in [2.45, 2.75) is 31.4 Å². The molecule has 1 N–H and O–H groups in total. The van der Waals surface area contributed by atoms with Crippen LogP contribution < -0.4 is 0 Å². The standard InChI is InChI=1S/C19H22O2S/c20-18(14-17-10-4-5-12-19(17)21)11-6-7-13-22-15-16-8-2-1-3-9-16/h1-5,8-10,12,21H,6-7,11,13-15H2. The largest absolute Gasteiger partial charge is 0.508 e. The maximum atomic E-state index is 11.9. The molecule has 116 valence electrons. The van der Waals surface area contributed by atoms with Crippen molar-refractivity contribution in [1.29, 1.82) is 0 Å². The van der Waals surface area contributed by atoms with Crippen LogP contribution in [0, 0.1) is 0 Å². The second-order valence-electron chi connectivity index (χ2n) is 5.34. The third kappa shape index (κ3) is 5.94. The molecule has 2 rings (SSSR count). The highest BCUT2D eigenvalue weighted by Crippen LogP contribution is 2.18. The van der Waals surface area contributed by atoms with Gasteiger partial charge in [-0.3, -0.25) is 4.79 Å². The minimum Gasteiger partial charge on any atom is -0.508 e. The van der Waals surface area contributed by atoms with Crippen molar-refractivity contribution >= 4 is 17.5 Å². The Hall–Kier alpha value is -1.74. The topological polar surface area (TPSA) is 37.3 Å². The number of Topliss-reactive ketones (excluding diaryl/α,β-unsaturated/α-hetero) is 1. The van der Waals surface area contributed by atoms with Gasteiger partial charge in [-0.05, 0) is 30.2 Å². The van der Waals surface area contributed by atoms with Crippen molar-refractivity contribution in [1.82, 2.24) is 0 Å². The molecule has 0 aliphatic heterocycles. The molecule has 0 heterocycles. The van der Waals surface area contributed by atoms with Gasteiger partial charge in [-0.15, -0.1) is 0 Å². The maximum absolute atomic E-state index is 11.9. The van der Waals surface area contributed by atoms with Gasteiger partial charge < -0.3 is 5.11 Å². The Morgan fingerprint density at radius 2 is 1.68 bits per heavy atom. The number of hydrogen-bond donors (Lipinski definition) is 1. The third-order valence-electron chi connectivity index (χ3n) is 3.49. The number of unbranched alkanes of at least 4 members (excludes halogenated alkanes) is 1. The first-order valence-corrected chi connectivity index (χ1v) is 8.81. The molecular formula is C19H22O2S. The molecule has 2 nitrogen and oxygen atoms in total. The fraction of sp³-hybridized carbons (Fsp3) is 0.316. The average Bonchev–Trinajstić information content (AvgIpc) is 2.54. The fourth-order valence-corrected chi connectivity index (χ4v) is 3.23. The molecule has 0 radical (unpaired) electrons. The van der Waals surface area contributed by atoms with Crippen LogP contribution in [-0.4, -0.2) is 16.6 Å². The van der Waals surface area contributed by atoms with Crippen LogP contribution >= 0.6 is 11.8 Å². The molecule has 0 atom stereocenters. The van der Waals surface area contributed by atoms with E-state index in [1.165, 1.54) is 5.56 Å². The van der Waals surface area contributed by atoms with Crippen LogP contribution in [0.3, 0.4) is 0 Å². The first kappa shape index (κ1) is 16.6. The molecule has 22 heavy (non-hydrogen) atoms. The summed E-state index contributed by atoms with van der Waals surface area (Å²) in [7, 11) is 0. The minimum atomic E-state index is 0.203. The SMILES string of the molecule is O=C(CCCCSCc1ccccc1)Cc1ccccc1O. The number of carbonyl (C=O) groups is 1. The quantitative estimate of drug-likeness (QED) is 0.687. The minimum absolute atomic E-state index is 0.203. The highest BCUT2D eigenvalue weighted by atomic mass is 32.2. The Morgan fingerprint density at radius 1 is 0.955 bits per heavy atom. The lowest BCUT2D eigenvalue weighted by molar-refractivity contribution is -0.118. The molecule has 2 aromatic carbocycles. The highest BCUT2D eigenvalue weighted by molar-refractivity contribution is 7.98. The van der Waals surface area contributed by atoms with E-state index in [0.717, 1.165) is 29.9 Å². The smallest absolute Gasteiger partial charge is 0.137 e. The van der Waals surface area contributed by atoms with E-state index >= 15 is 0 Å². The van der Waals surface area contributed by atoms with E-state index in [-0.39, 0.29) is 11.5 Å². The summed E-state index contributed by atoms with van der Waals surface area (Å²) in [6.45, 7) is 0. The molecule has 0 saturated carbocycles. The van der Waals surface area contributed by atoms with Crippen LogP contribution in [0.5, 0.6) is 5.75 Å². The van der Waals surface area contributed by atoms with E-state index in [0.29, 0.717) is 12.8 Å². The second-order valence-corrected chi connectivity index (χ2v) is 6.44.